The average molecular weight is 149 g/mol. The van der Waals surface area contributed by atoms with Gasteiger partial charge in [0.15, 0.2) is 0 Å². The first-order valence-corrected chi connectivity index (χ1v) is 1.51. The number of carbonyl (C=O) groups excluding carboxylic acids is 1. The largest absolute Gasteiger partial charge is 2.00 e. The third-order valence-corrected chi connectivity index (χ3v) is 0.348. The Balaban J connectivity index is 0. The van der Waals surface area contributed by atoms with Gasteiger partial charge < -0.3 is 9.90 Å². The smallest absolute Gasteiger partial charge is 0.545 e. The summed E-state index contributed by atoms with van der Waals surface area (Å²) in [6.07, 6.45) is 0. The third-order valence-electron chi connectivity index (χ3n) is 0.348. The number of hydrogen-bond acceptors (Lipinski definition) is 2. The fraction of sp³-hybridized carbons (Fsp3) is 0.250. The molecule has 0 aliphatic rings. The van der Waals surface area contributed by atoms with E-state index >= 15 is 0 Å². The van der Waals surface area contributed by atoms with Gasteiger partial charge in [0.05, 0.1) is 5.97 Å². The number of carboxylic acids is 1. The maximum absolute atomic E-state index is 9.49. The van der Waals surface area contributed by atoms with Gasteiger partial charge in [0.25, 0.3) is 0 Å². The molecule has 0 aromatic heterocycles. The average Bonchev–Trinajstić information content (AvgIpc) is 1.36. The molecule has 0 rings (SSSR count). The van der Waals surface area contributed by atoms with Crippen LogP contribution in [0.25, 0.3) is 0 Å². The summed E-state index contributed by atoms with van der Waals surface area (Å²) in [5.41, 5.74) is 0.0648. The second-order valence-corrected chi connectivity index (χ2v) is 1.07. The molecular weight excluding hydrogens is 144 g/mol. The molecule has 0 unspecified atom stereocenters. The quantitative estimate of drug-likeness (QED) is 0.365. The van der Waals surface area contributed by atoms with Gasteiger partial charge in [-0.1, -0.05) is 6.58 Å². The first-order valence-electron chi connectivity index (χ1n) is 1.51. The Labute approximate surface area is 52.7 Å². The zero-order valence-electron chi connectivity index (χ0n) is 3.83. The Morgan fingerprint density at radius 2 is 1.86 bits per heavy atom. The van der Waals surface area contributed by atoms with Crippen LogP contribution in [0, 0.1) is 0 Å². The molecule has 0 fully saturated rings. The van der Waals surface area contributed by atoms with Gasteiger partial charge in [0, 0.05) is 0 Å². The summed E-state index contributed by atoms with van der Waals surface area (Å²) >= 11 is 0. The van der Waals surface area contributed by atoms with Crippen LogP contribution < -0.4 is 5.11 Å². The molecule has 0 spiro atoms. The van der Waals surface area contributed by atoms with E-state index in [2.05, 4.69) is 6.58 Å². The van der Waals surface area contributed by atoms with Gasteiger partial charge in [0.2, 0.25) is 0 Å². The van der Waals surface area contributed by atoms with Gasteiger partial charge in [-0.2, -0.15) is 0 Å². The third kappa shape index (κ3) is 5.73. The first kappa shape index (κ1) is 9.88. The van der Waals surface area contributed by atoms with Crippen LogP contribution in [-0.2, 0) is 21.9 Å². The van der Waals surface area contributed by atoms with E-state index in [1.165, 1.54) is 6.92 Å². The first-order chi connectivity index (χ1) is 2.64. The van der Waals surface area contributed by atoms with Crippen molar-refractivity contribution in [3.8, 4) is 0 Å². The molecule has 0 amide bonds. The van der Waals surface area contributed by atoms with Crippen molar-refractivity contribution in [2.24, 2.45) is 0 Å². The Morgan fingerprint density at radius 1 is 1.71 bits per heavy atom. The summed E-state index contributed by atoms with van der Waals surface area (Å²) < 4.78 is 0. The van der Waals surface area contributed by atoms with Crippen LogP contribution in [0.3, 0.4) is 0 Å². The second-order valence-electron chi connectivity index (χ2n) is 1.07. The fourth-order valence-corrected chi connectivity index (χ4v) is 0. The van der Waals surface area contributed by atoms with Crippen LogP contribution in [0.1, 0.15) is 6.92 Å². The van der Waals surface area contributed by atoms with Crippen molar-refractivity contribution in [3.63, 3.8) is 0 Å². The van der Waals surface area contributed by atoms with Crippen LogP contribution in [-0.4, -0.2) is 5.97 Å². The molecule has 0 atom stereocenters. The van der Waals surface area contributed by atoms with Crippen molar-refractivity contribution in [2.45, 2.75) is 6.92 Å². The summed E-state index contributed by atoms with van der Waals surface area (Å²) in [5, 5.41) is 9.49. The molecule has 43 valence electrons. The SMILES string of the molecule is C=C(C)C(=O)[O-].[Cu+2]. The number of carboxylic acid groups (broad SMARTS) is 1. The van der Waals surface area contributed by atoms with Crippen molar-refractivity contribution < 1.29 is 27.0 Å². The summed E-state index contributed by atoms with van der Waals surface area (Å²) in [7, 11) is 0. The van der Waals surface area contributed by atoms with Crippen molar-refractivity contribution in [1.82, 2.24) is 0 Å². The van der Waals surface area contributed by atoms with Crippen LogP contribution >= 0.6 is 0 Å². The van der Waals surface area contributed by atoms with Gasteiger partial charge in [-0.25, -0.2) is 0 Å². The maximum atomic E-state index is 9.49. The molecule has 0 saturated carbocycles. The van der Waals surface area contributed by atoms with E-state index in [9.17, 15) is 9.90 Å². The molecule has 7 heavy (non-hydrogen) atoms. The van der Waals surface area contributed by atoms with E-state index in [0.29, 0.717) is 0 Å². The van der Waals surface area contributed by atoms with Gasteiger partial charge >= 0.3 is 17.1 Å². The summed E-state index contributed by atoms with van der Waals surface area (Å²) in [6.45, 7) is 4.48. The van der Waals surface area contributed by atoms with Crippen LogP contribution in [0.15, 0.2) is 12.2 Å². The van der Waals surface area contributed by atoms with Gasteiger partial charge in [0.1, 0.15) is 0 Å². The standard InChI is InChI=1S/C4H6O2.Cu/c1-3(2)4(5)6;/h1H2,2H3,(H,5,6);/q;+2/p-1. The predicted octanol–water partition coefficient (Wildman–Crippen LogP) is -0.690. The molecule has 0 N–H and O–H groups in total. The minimum Gasteiger partial charge on any atom is -0.545 e. The molecule has 0 aromatic rings. The molecule has 3 heteroatoms. The number of carbonyl (C=O) groups is 1. The van der Waals surface area contributed by atoms with E-state index in [4.69, 9.17) is 0 Å². The maximum Gasteiger partial charge on any atom is 2.00 e. The van der Waals surface area contributed by atoms with Crippen LogP contribution in [0.5, 0.6) is 0 Å². The van der Waals surface area contributed by atoms with E-state index in [1.54, 1.807) is 0 Å². The number of rotatable bonds is 1. The minimum absolute atomic E-state index is 0. The van der Waals surface area contributed by atoms with Crippen molar-refractivity contribution >= 4 is 5.97 Å². The summed E-state index contributed by atoms with van der Waals surface area (Å²) in [5.74, 6) is -1.19. The summed E-state index contributed by atoms with van der Waals surface area (Å²) in [6, 6.07) is 0. The second kappa shape index (κ2) is 3.90. The molecule has 0 aliphatic heterocycles. The molecule has 0 aromatic carbocycles. The minimum atomic E-state index is -1.19. The Morgan fingerprint density at radius 3 is 1.86 bits per heavy atom. The number of hydrogen-bond donors (Lipinski definition) is 0. The summed E-state index contributed by atoms with van der Waals surface area (Å²) in [4.78, 5) is 9.49. The van der Waals surface area contributed by atoms with E-state index in [0.717, 1.165) is 0 Å². The normalized spacial score (nSPS) is 6.43. The van der Waals surface area contributed by atoms with Gasteiger partial charge in [-0.15, -0.1) is 0 Å². The van der Waals surface area contributed by atoms with Crippen molar-refractivity contribution in [2.75, 3.05) is 0 Å². The zero-order valence-corrected chi connectivity index (χ0v) is 4.77. The van der Waals surface area contributed by atoms with Crippen molar-refractivity contribution in [1.29, 1.82) is 0 Å². The van der Waals surface area contributed by atoms with E-state index < -0.39 is 5.97 Å². The zero-order chi connectivity index (χ0) is 5.15. The molecule has 0 saturated heterocycles. The Kier molecular flexibility index (Phi) is 5.51. The van der Waals surface area contributed by atoms with Gasteiger partial charge in [-0.3, -0.25) is 0 Å². The molecule has 0 aliphatic carbocycles. The molecule has 1 radical (unpaired) electrons. The van der Waals surface area contributed by atoms with E-state index in [1.807, 2.05) is 0 Å². The predicted molar refractivity (Wildman–Crippen MR) is 19.8 cm³/mol. The van der Waals surface area contributed by atoms with Gasteiger partial charge in [-0.05, 0) is 12.5 Å². The van der Waals surface area contributed by atoms with Crippen LogP contribution in [0.4, 0.5) is 0 Å². The number of aliphatic carboxylic acids is 1. The topological polar surface area (TPSA) is 40.1 Å². The molecule has 0 bridgehead atoms. The fourth-order valence-electron chi connectivity index (χ4n) is 0. The van der Waals surface area contributed by atoms with E-state index in [-0.39, 0.29) is 22.6 Å². The van der Waals surface area contributed by atoms with Crippen molar-refractivity contribution in [3.05, 3.63) is 12.2 Å². The molecular formula is C4H5CuO2+. The molecule has 2 nitrogen and oxygen atoms in total. The monoisotopic (exact) mass is 148 g/mol. The molecule has 0 heterocycles. The Bertz CT molecular complexity index is 75.7. The Hall–Kier alpha value is -0.271. The van der Waals surface area contributed by atoms with Crippen LogP contribution in [0.2, 0.25) is 0 Å².